The molecule has 0 bridgehead atoms. The first-order valence-electron chi connectivity index (χ1n) is 6.22. The SMILES string of the molecule is N#Cc1cccc(S(=O)(=O)N2CCCCC2CO)c1. The first kappa shape index (κ1) is 14.0. The van der Waals surface area contributed by atoms with Gasteiger partial charge in [-0.15, -0.1) is 0 Å². The van der Waals surface area contributed by atoms with Gasteiger partial charge in [0.05, 0.1) is 23.1 Å². The number of benzene rings is 1. The summed E-state index contributed by atoms with van der Waals surface area (Å²) in [4.78, 5) is 0.117. The van der Waals surface area contributed by atoms with Crippen LogP contribution < -0.4 is 0 Å². The molecule has 102 valence electrons. The van der Waals surface area contributed by atoms with Gasteiger partial charge in [0.15, 0.2) is 0 Å². The highest BCUT2D eigenvalue weighted by Crippen LogP contribution is 2.25. The van der Waals surface area contributed by atoms with Gasteiger partial charge in [-0.05, 0) is 31.0 Å². The Hall–Kier alpha value is -1.42. The Morgan fingerprint density at radius 3 is 2.89 bits per heavy atom. The lowest BCUT2D eigenvalue weighted by Crippen LogP contribution is -2.45. The zero-order valence-electron chi connectivity index (χ0n) is 10.5. The van der Waals surface area contributed by atoms with Gasteiger partial charge in [-0.2, -0.15) is 9.57 Å². The van der Waals surface area contributed by atoms with Crippen LogP contribution in [0.3, 0.4) is 0 Å². The Morgan fingerprint density at radius 2 is 2.21 bits per heavy atom. The fourth-order valence-electron chi connectivity index (χ4n) is 2.33. The smallest absolute Gasteiger partial charge is 0.243 e. The van der Waals surface area contributed by atoms with Crippen LogP contribution in [-0.2, 0) is 10.0 Å². The van der Waals surface area contributed by atoms with Crippen LogP contribution in [0.1, 0.15) is 24.8 Å². The lowest BCUT2D eigenvalue weighted by atomic mass is 10.1. The summed E-state index contributed by atoms with van der Waals surface area (Å²) in [5, 5.41) is 18.2. The quantitative estimate of drug-likeness (QED) is 0.898. The minimum absolute atomic E-state index is 0.117. The molecule has 1 fully saturated rings. The molecular weight excluding hydrogens is 264 g/mol. The topological polar surface area (TPSA) is 81.4 Å². The molecule has 5 nitrogen and oxygen atoms in total. The van der Waals surface area contributed by atoms with Crippen LogP contribution in [0, 0.1) is 11.3 Å². The molecule has 1 aromatic carbocycles. The van der Waals surface area contributed by atoms with Crippen LogP contribution in [0.2, 0.25) is 0 Å². The van der Waals surface area contributed by atoms with Gasteiger partial charge in [0.2, 0.25) is 10.0 Å². The zero-order valence-corrected chi connectivity index (χ0v) is 11.3. The molecule has 1 unspecified atom stereocenters. The van der Waals surface area contributed by atoms with Gasteiger partial charge < -0.3 is 5.11 Å². The fourth-order valence-corrected chi connectivity index (χ4v) is 4.07. The summed E-state index contributed by atoms with van der Waals surface area (Å²) in [5.74, 6) is 0. The Labute approximate surface area is 113 Å². The summed E-state index contributed by atoms with van der Waals surface area (Å²) in [6.07, 6.45) is 2.40. The van der Waals surface area contributed by atoms with Crippen LogP contribution in [0.4, 0.5) is 0 Å². The molecule has 1 aliphatic heterocycles. The van der Waals surface area contributed by atoms with Crippen molar-refractivity contribution in [3.05, 3.63) is 29.8 Å². The standard InChI is InChI=1S/C13H16N2O3S/c14-9-11-4-3-6-13(8-11)19(17,18)15-7-2-1-5-12(15)10-16/h3-4,6,8,12,16H,1-2,5,7,10H2. The number of aliphatic hydroxyl groups is 1. The van der Waals surface area contributed by atoms with E-state index in [1.54, 1.807) is 12.1 Å². The molecule has 0 saturated carbocycles. The lowest BCUT2D eigenvalue weighted by molar-refractivity contribution is 0.155. The van der Waals surface area contributed by atoms with Crippen LogP contribution >= 0.6 is 0 Å². The highest BCUT2D eigenvalue weighted by Gasteiger charge is 2.33. The van der Waals surface area contributed by atoms with E-state index in [0.29, 0.717) is 18.5 Å². The van der Waals surface area contributed by atoms with Crippen molar-refractivity contribution in [2.45, 2.75) is 30.2 Å². The molecule has 1 saturated heterocycles. The zero-order chi connectivity index (χ0) is 13.9. The molecule has 1 aromatic rings. The van der Waals surface area contributed by atoms with Crippen molar-refractivity contribution in [3.8, 4) is 6.07 Å². The number of aliphatic hydroxyl groups excluding tert-OH is 1. The lowest BCUT2D eigenvalue weighted by Gasteiger charge is -2.33. The maximum atomic E-state index is 12.5. The highest BCUT2D eigenvalue weighted by atomic mass is 32.2. The molecule has 0 spiro atoms. The van der Waals surface area contributed by atoms with E-state index in [4.69, 9.17) is 5.26 Å². The molecule has 6 heteroatoms. The van der Waals surface area contributed by atoms with Crippen LogP contribution in [0.25, 0.3) is 0 Å². The maximum absolute atomic E-state index is 12.5. The van der Waals surface area contributed by atoms with Gasteiger partial charge in [-0.3, -0.25) is 0 Å². The van der Waals surface area contributed by atoms with E-state index in [0.717, 1.165) is 12.8 Å². The van der Waals surface area contributed by atoms with Gasteiger partial charge in [0.1, 0.15) is 0 Å². The third kappa shape index (κ3) is 2.78. The van der Waals surface area contributed by atoms with E-state index in [1.807, 2.05) is 6.07 Å². The van der Waals surface area contributed by atoms with Crippen molar-refractivity contribution in [1.82, 2.24) is 4.31 Å². The fraction of sp³-hybridized carbons (Fsp3) is 0.462. The average molecular weight is 280 g/mol. The molecule has 0 amide bonds. The molecule has 2 rings (SSSR count). The van der Waals surface area contributed by atoms with Gasteiger partial charge in [0.25, 0.3) is 0 Å². The number of nitriles is 1. The second-order valence-electron chi connectivity index (χ2n) is 4.59. The predicted molar refractivity (Wildman–Crippen MR) is 69.8 cm³/mol. The number of hydrogen-bond donors (Lipinski definition) is 1. The van der Waals surface area contributed by atoms with Crippen LogP contribution in [0.5, 0.6) is 0 Å². The first-order chi connectivity index (χ1) is 9.09. The summed E-state index contributed by atoms with van der Waals surface area (Å²) >= 11 is 0. The Kier molecular flexibility index (Phi) is 4.20. The van der Waals surface area contributed by atoms with E-state index < -0.39 is 10.0 Å². The summed E-state index contributed by atoms with van der Waals surface area (Å²) in [5.41, 5.74) is 0.318. The van der Waals surface area contributed by atoms with E-state index in [2.05, 4.69) is 0 Å². The van der Waals surface area contributed by atoms with E-state index >= 15 is 0 Å². The Morgan fingerprint density at radius 1 is 1.42 bits per heavy atom. The third-order valence-corrected chi connectivity index (χ3v) is 5.30. The summed E-state index contributed by atoms with van der Waals surface area (Å²) in [6, 6.07) is 7.56. The minimum Gasteiger partial charge on any atom is -0.395 e. The molecule has 0 radical (unpaired) electrons. The van der Waals surface area contributed by atoms with Crippen molar-refractivity contribution in [2.75, 3.05) is 13.2 Å². The van der Waals surface area contributed by atoms with Crippen molar-refractivity contribution < 1.29 is 13.5 Å². The largest absolute Gasteiger partial charge is 0.395 e. The Balaban J connectivity index is 2.38. The maximum Gasteiger partial charge on any atom is 0.243 e. The van der Waals surface area contributed by atoms with Crippen molar-refractivity contribution in [1.29, 1.82) is 5.26 Å². The van der Waals surface area contributed by atoms with Crippen LogP contribution in [-0.4, -0.2) is 37.0 Å². The number of nitrogens with zero attached hydrogens (tertiary/aromatic N) is 2. The minimum atomic E-state index is -3.63. The van der Waals surface area contributed by atoms with E-state index in [1.165, 1.54) is 16.4 Å². The molecule has 1 heterocycles. The Bertz CT molecular complexity index is 592. The van der Waals surface area contributed by atoms with Gasteiger partial charge >= 0.3 is 0 Å². The van der Waals surface area contributed by atoms with Gasteiger partial charge in [0, 0.05) is 12.6 Å². The molecule has 19 heavy (non-hydrogen) atoms. The van der Waals surface area contributed by atoms with Crippen molar-refractivity contribution >= 4 is 10.0 Å². The highest BCUT2D eigenvalue weighted by molar-refractivity contribution is 7.89. The second-order valence-corrected chi connectivity index (χ2v) is 6.48. The predicted octanol–water partition coefficient (Wildman–Crippen LogP) is 1.09. The molecule has 1 N–H and O–H groups in total. The summed E-state index contributed by atoms with van der Waals surface area (Å²) < 4.78 is 26.4. The number of hydrogen-bond acceptors (Lipinski definition) is 4. The molecule has 0 aromatic heterocycles. The van der Waals surface area contributed by atoms with E-state index in [-0.39, 0.29) is 17.5 Å². The summed E-state index contributed by atoms with van der Waals surface area (Å²) in [6.45, 7) is 0.251. The normalized spacial score (nSPS) is 20.9. The monoisotopic (exact) mass is 280 g/mol. The molecule has 0 aliphatic carbocycles. The van der Waals surface area contributed by atoms with Gasteiger partial charge in [-0.25, -0.2) is 8.42 Å². The first-order valence-corrected chi connectivity index (χ1v) is 7.66. The van der Waals surface area contributed by atoms with E-state index in [9.17, 15) is 13.5 Å². The number of rotatable bonds is 3. The van der Waals surface area contributed by atoms with Crippen LogP contribution in [0.15, 0.2) is 29.2 Å². The molecule has 1 atom stereocenters. The molecule has 1 aliphatic rings. The van der Waals surface area contributed by atoms with Gasteiger partial charge in [-0.1, -0.05) is 12.5 Å². The third-order valence-electron chi connectivity index (χ3n) is 3.35. The number of sulfonamides is 1. The second kappa shape index (κ2) is 5.70. The molecular formula is C13H16N2O3S. The average Bonchev–Trinajstić information content (AvgIpc) is 2.47. The summed E-state index contributed by atoms with van der Waals surface area (Å²) in [7, 11) is -3.63. The number of piperidine rings is 1. The van der Waals surface area contributed by atoms with Crippen molar-refractivity contribution in [2.24, 2.45) is 0 Å². The van der Waals surface area contributed by atoms with Crippen molar-refractivity contribution in [3.63, 3.8) is 0 Å².